The number of carbonyl (C=O) groups is 1. The van der Waals surface area contributed by atoms with Crippen LogP contribution in [0.15, 0.2) is 35.2 Å². The van der Waals surface area contributed by atoms with Gasteiger partial charge in [-0.1, -0.05) is 18.2 Å². The summed E-state index contributed by atoms with van der Waals surface area (Å²) in [6, 6.07) is 8.15. The monoisotopic (exact) mass is 240 g/mol. The van der Waals surface area contributed by atoms with Crippen LogP contribution in [0.25, 0.3) is 0 Å². The van der Waals surface area contributed by atoms with Crippen LogP contribution in [-0.4, -0.2) is 31.7 Å². The van der Waals surface area contributed by atoms with Crippen LogP contribution in [0.5, 0.6) is 0 Å². The van der Waals surface area contributed by atoms with Crippen molar-refractivity contribution in [1.82, 2.24) is 4.31 Å². The molecule has 0 aromatic heterocycles. The Kier molecular flexibility index (Phi) is 2.69. The summed E-state index contributed by atoms with van der Waals surface area (Å²) in [7, 11) is -3.44. The summed E-state index contributed by atoms with van der Waals surface area (Å²) in [5.41, 5.74) is 5.08. The number of hydrogen-bond donors (Lipinski definition) is 1. The van der Waals surface area contributed by atoms with Gasteiger partial charge in [-0.15, -0.1) is 0 Å². The molecule has 0 bridgehead atoms. The maximum absolute atomic E-state index is 12.0. The van der Waals surface area contributed by atoms with Crippen LogP contribution in [0.1, 0.15) is 0 Å². The zero-order chi connectivity index (χ0) is 11.8. The summed E-state index contributed by atoms with van der Waals surface area (Å²) in [4.78, 5) is 11.0. The van der Waals surface area contributed by atoms with Crippen molar-refractivity contribution in [3.8, 4) is 0 Å². The Balaban J connectivity index is 2.15. The molecule has 2 N–H and O–H groups in total. The zero-order valence-electron chi connectivity index (χ0n) is 8.54. The molecule has 0 spiro atoms. The molecule has 6 heteroatoms. The Morgan fingerprint density at radius 3 is 2.31 bits per heavy atom. The zero-order valence-corrected chi connectivity index (χ0v) is 9.35. The summed E-state index contributed by atoms with van der Waals surface area (Å²) in [6.07, 6.45) is 0. The Labute approximate surface area is 93.9 Å². The molecule has 16 heavy (non-hydrogen) atoms. The quantitative estimate of drug-likeness (QED) is 0.794. The summed E-state index contributed by atoms with van der Waals surface area (Å²) in [5, 5.41) is 0. The molecule has 1 amide bonds. The third-order valence-corrected chi connectivity index (χ3v) is 4.48. The van der Waals surface area contributed by atoms with Crippen molar-refractivity contribution in [2.75, 3.05) is 13.1 Å². The van der Waals surface area contributed by atoms with Gasteiger partial charge in [-0.05, 0) is 12.1 Å². The van der Waals surface area contributed by atoms with E-state index in [1.54, 1.807) is 18.2 Å². The normalized spacial score (nSPS) is 18.0. The highest BCUT2D eigenvalue weighted by Gasteiger charge is 2.39. The first-order valence-corrected chi connectivity index (χ1v) is 6.30. The van der Waals surface area contributed by atoms with E-state index in [2.05, 4.69) is 0 Å². The Morgan fingerprint density at radius 2 is 1.81 bits per heavy atom. The first-order valence-electron chi connectivity index (χ1n) is 4.86. The SMILES string of the molecule is NC(=O)C1CN(S(=O)(=O)c2ccccc2)C1. The van der Waals surface area contributed by atoms with Gasteiger partial charge in [-0.2, -0.15) is 4.31 Å². The predicted molar refractivity (Wildman–Crippen MR) is 57.9 cm³/mol. The van der Waals surface area contributed by atoms with E-state index in [-0.39, 0.29) is 23.9 Å². The topological polar surface area (TPSA) is 80.5 Å². The molecule has 2 rings (SSSR count). The van der Waals surface area contributed by atoms with Crippen LogP contribution in [0.4, 0.5) is 0 Å². The van der Waals surface area contributed by atoms with E-state index in [0.29, 0.717) is 0 Å². The molecule has 1 aliphatic heterocycles. The average Bonchev–Trinajstić information content (AvgIpc) is 2.15. The molecule has 1 aliphatic rings. The van der Waals surface area contributed by atoms with E-state index < -0.39 is 15.9 Å². The molecule has 1 fully saturated rings. The number of primary amides is 1. The van der Waals surface area contributed by atoms with Crippen molar-refractivity contribution in [1.29, 1.82) is 0 Å². The highest BCUT2D eigenvalue weighted by atomic mass is 32.2. The van der Waals surface area contributed by atoms with Gasteiger partial charge in [0.05, 0.1) is 10.8 Å². The molecule has 0 unspecified atom stereocenters. The highest BCUT2D eigenvalue weighted by molar-refractivity contribution is 7.89. The first-order chi connectivity index (χ1) is 7.51. The van der Waals surface area contributed by atoms with Gasteiger partial charge in [0.2, 0.25) is 15.9 Å². The summed E-state index contributed by atoms with van der Waals surface area (Å²) >= 11 is 0. The van der Waals surface area contributed by atoms with E-state index >= 15 is 0 Å². The number of nitrogens with two attached hydrogens (primary N) is 1. The smallest absolute Gasteiger partial charge is 0.243 e. The molecule has 0 radical (unpaired) electrons. The van der Waals surface area contributed by atoms with Crippen molar-refractivity contribution in [3.05, 3.63) is 30.3 Å². The standard InChI is InChI=1S/C10H12N2O3S/c11-10(13)8-6-12(7-8)16(14,15)9-4-2-1-3-5-9/h1-5,8H,6-7H2,(H2,11,13). The van der Waals surface area contributed by atoms with Crippen LogP contribution in [-0.2, 0) is 14.8 Å². The van der Waals surface area contributed by atoms with Gasteiger partial charge in [-0.25, -0.2) is 8.42 Å². The highest BCUT2D eigenvalue weighted by Crippen LogP contribution is 2.24. The fourth-order valence-corrected chi connectivity index (χ4v) is 3.11. The fraction of sp³-hybridized carbons (Fsp3) is 0.300. The van der Waals surface area contributed by atoms with Crippen LogP contribution in [0, 0.1) is 5.92 Å². The second-order valence-corrected chi connectivity index (χ2v) is 5.67. The minimum atomic E-state index is -3.44. The van der Waals surface area contributed by atoms with Crippen LogP contribution in [0.2, 0.25) is 0 Å². The van der Waals surface area contributed by atoms with Gasteiger partial charge in [0, 0.05) is 13.1 Å². The largest absolute Gasteiger partial charge is 0.369 e. The molecule has 0 atom stereocenters. The first kappa shape index (κ1) is 11.1. The van der Waals surface area contributed by atoms with Crippen molar-refractivity contribution in [2.24, 2.45) is 11.7 Å². The van der Waals surface area contributed by atoms with E-state index in [9.17, 15) is 13.2 Å². The van der Waals surface area contributed by atoms with Gasteiger partial charge in [0.25, 0.3) is 0 Å². The maximum Gasteiger partial charge on any atom is 0.243 e. The second-order valence-electron chi connectivity index (χ2n) is 3.73. The third-order valence-electron chi connectivity index (χ3n) is 2.63. The van der Waals surface area contributed by atoms with E-state index in [4.69, 9.17) is 5.73 Å². The van der Waals surface area contributed by atoms with Crippen LogP contribution in [0.3, 0.4) is 0 Å². The Hall–Kier alpha value is -1.40. The van der Waals surface area contributed by atoms with E-state index in [1.807, 2.05) is 0 Å². The molecule has 86 valence electrons. The van der Waals surface area contributed by atoms with Gasteiger partial charge in [0.15, 0.2) is 0 Å². The molecular weight excluding hydrogens is 228 g/mol. The number of hydrogen-bond acceptors (Lipinski definition) is 3. The Morgan fingerprint density at radius 1 is 1.25 bits per heavy atom. The average molecular weight is 240 g/mol. The second kappa shape index (κ2) is 3.88. The minimum absolute atomic E-state index is 0.187. The molecule has 0 saturated carbocycles. The predicted octanol–water partition coefficient (Wildman–Crippen LogP) is -0.208. The van der Waals surface area contributed by atoms with Gasteiger partial charge < -0.3 is 5.73 Å². The van der Waals surface area contributed by atoms with E-state index in [1.165, 1.54) is 16.4 Å². The lowest BCUT2D eigenvalue weighted by Gasteiger charge is -2.35. The molecule has 1 saturated heterocycles. The molecule has 0 aliphatic carbocycles. The minimum Gasteiger partial charge on any atom is -0.369 e. The molecular formula is C10H12N2O3S. The van der Waals surface area contributed by atoms with Crippen molar-refractivity contribution in [3.63, 3.8) is 0 Å². The van der Waals surface area contributed by atoms with E-state index in [0.717, 1.165) is 0 Å². The lowest BCUT2D eigenvalue weighted by molar-refractivity contribution is -0.124. The van der Waals surface area contributed by atoms with Gasteiger partial charge >= 0.3 is 0 Å². The number of nitrogens with zero attached hydrogens (tertiary/aromatic N) is 1. The fourth-order valence-electron chi connectivity index (χ4n) is 1.56. The van der Waals surface area contributed by atoms with Crippen LogP contribution < -0.4 is 5.73 Å². The Bertz CT molecular complexity index is 492. The molecule has 1 aromatic carbocycles. The number of benzene rings is 1. The summed E-state index contributed by atoms with van der Waals surface area (Å²) < 4.78 is 25.2. The maximum atomic E-state index is 12.0. The third kappa shape index (κ3) is 1.81. The van der Waals surface area contributed by atoms with Gasteiger partial charge in [-0.3, -0.25) is 4.79 Å². The number of sulfonamides is 1. The lowest BCUT2D eigenvalue weighted by atomic mass is 10.0. The number of amides is 1. The van der Waals surface area contributed by atoms with Gasteiger partial charge in [0.1, 0.15) is 0 Å². The van der Waals surface area contributed by atoms with Crippen molar-refractivity contribution >= 4 is 15.9 Å². The molecule has 5 nitrogen and oxygen atoms in total. The van der Waals surface area contributed by atoms with Crippen molar-refractivity contribution in [2.45, 2.75) is 4.90 Å². The molecule has 1 heterocycles. The molecule has 1 aromatic rings. The van der Waals surface area contributed by atoms with Crippen LogP contribution >= 0.6 is 0 Å². The summed E-state index contributed by atoms with van der Waals surface area (Å²) in [5.74, 6) is -0.794. The summed E-state index contributed by atoms with van der Waals surface area (Å²) in [6.45, 7) is 0.374. The number of rotatable bonds is 3. The lowest BCUT2D eigenvalue weighted by Crippen LogP contribution is -2.54. The van der Waals surface area contributed by atoms with Crippen molar-refractivity contribution < 1.29 is 13.2 Å². The number of carbonyl (C=O) groups excluding carboxylic acids is 1.